The number of aromatic carboxylic acids is 1. The normalized spacial score (nSPS) is 11.0. The SMILES string of the molecule is O=C(O)c1cccc(/C=C/c2ccc(Oc3cnoc3-c3ccc(Cl)c(Cl)c3)cc2)c1. The summed E-state index contributed by atoms with van der Waals surface area (Å²) in [5.41, 5.74) is 2.68. The van der Waals surface area contributed by atoms with Crippen LogP contribution in [0.4, 0.5) is 0 Å². The predicted octanol–water partition coefficient (Wildman–Crippen LogP) is 7.31. The molecule has 31 heavy (non-hydrogen) atoms. The molecule has 1 heterocycles. The lowest BCUT2D eigenvalue weighted by Crippen LogP contribution is -1.95. The summed E-state index contributed by atoms with van der Waals surface area (Å²) in [6, 6.07) is 19.3. The third-order valence-electron chi connectivity index (χ3n) is 4.43. The Hall–Kier alpha value is -3.54. The molecule has 4 aromatic rings. The lowest BCUT2D eigenvalue weighted by Gasteiger charge is -2.06. The van der Waals surface area contributed by atoms with Crippen molar-refractivity contribution in [2.75, 3.05) is 0 Å². The summed E-state index contributed by atoms with van der Waals surface area (Å²) in [6.45, 7) is 0. The van der Waals surface area contributed by atoms with Gasteiger partial charge in [-0.1, -0.05) is 64.8 Å². The third kappa shape index (κ3) is 4.97. The van der Waals surface area contributed by atoms with E-state index in [9.17, 15) is 4.79 Å². The van der Waals surface area contributed by atoms with Gasteiger partial charge in [-0.15, -0.1) is 0 Å². The largest absolute Gasteiger partial charge is 0.478 e. The van der Waals surface area contributed by atoms with Gasteiger partial charge in [0, 0.05) is 5.56 Å². The second-order valence-electron chi connectivity index (χ2n) is 6.58. The van der Waals surface area contributed by atoms with Crippen LogP contribution in [-0.4, -0.2) is 16.2 Å². The Morgan fingerprint density at radius 2 is 1.71 bits per heavy atom. The Kier molecular flexibility index (Phi) is 6.07. The zero-order valence-electron chi connectivity index (χ0n) is 16.0. The molecule has 0 aliphatic carbocycles. The van der Waals surface area contributed by atoms with E-state index in [0.29, 0.717) is 32.9 Å². The Balaban J connectivity index is 1.49. The van der Waals surface area contributed by atoms with Gasteiger partial charge in [-0.2, -0.15) is 0 Å². The molecule has 1 aromatic heterocycles. The summed E-state index contributed by atoms with van der Waals surface area (Å²) in [4.78, 5) is 11.1. The minimum Gasteiger partial charge on any atom is -0.478 e. The van der Waals surface area contributed by atoms with E-state index in [0.717, 1.165) is 11.1 Å². The van der Waals surface area contributed by atoms with E-state index in [2.05, 4.69) is 5.16 Å². The topological polar surface area (TPSA) is 72.6 Å². The molecule has 0 atom stereocenters. The molecule has 0 radical (unpaired) electrons. The van der Waals surface area contributed by atoms with E-state index in [4.69, 9.17) is 37.6 Å². The average Bonchev–Trinajstić information content (AvgIpc) is 3.23. The number of ether oxygens (including phenoxy) is 1. The molecule has 0 aliphatic rings. The zero-order valence-corrected chi connectivity index (χ0v) is 17.5. The number of hydrogen-bond acceptors (Lipinski definition) is 4. The van der Waals surface area contributed by atoms with Crippen LogP contribution in [0.15, 0.2) is 77.4 Å². The van der Waals surface area contributed by atoms with Crippen LogP contribution in [0.1, 0.15) is 21.5 Å². The zero-order chi connectivity index (χ0) is 21.8. The molecule has 5 nitrogen and oxygen atoms in total. The lowest BCUT2D eigenvalue weighted by molar-refractivity contribution is 0.0697. The number of hydrogen-bond donors (Lipinski definition) is 1. The molecule has 3 aromatic carbocycles. The van der Waals surface area contributed by atoms with Crippen LogP contribution in [0, 0.1) is 0 Å². The minimum absolute atomic E-state index is 0.248. The van der Waals surface area contributed by atoms with Gasteiger partial charge >= 0.3 is 5.97 Å². The first-order chi connectivity index (χ1) is 15.0. The number of rotatable bonds is 6. The molecule has 0 fully saturated rings. The monoisotopic (exact) mass is 451 g/mol. The maximum absolute atomic E-state index is 11.1. The standard InChI is InChI=1S/C24H15Cl2NO4/c25-20-11-8-17(13-21(20)26)23-22(14-27-31-23)30-19-9-6-15(7-10-19)4-5-16-2-1-3-18(12-16)24(28)29/h1-14H,(H,28,29)/b5-4+. The van der Waals surface area contributed by atoms with E-state index in [-0.39, 0.29) is 5.56 Å². The van der Waals surface area contributed by atoms with Gasteiger partial charge < -0.3 is 14.4 Å². The molecule has 0 saturated heterocycles. The fraction of sp³-hybridized carbons (Fsp3) is 0. The van der Waals surface area contributed by atoms with Crippen molar-refractivity contribution in [2.24, 2.45) is 0 Å². The van der Waals surface area contributed by atoms with E-state index in [1.165, 1.54) is 6.20 Å². The van der Waals surface area contributed by atoms with Gasteiger partial charge in [-0.25, -0.2) is 4.79 Å². The molecule has 0 unspecified atom stereocenters. The number of carboxylic acid groups (broad SMARTS) is 1. The van der Waals surface area contributed by atoms with Crippen LogP contribution in [0.25, 0.3) is 23.5 Å². The fourth-order valence-corrected chi connectivity index (χ4v) is 3.18. The molecule has 0 saturated carbocycles. The summed E-state index contributed by atoms with van der Waals surface area (Å²) in [6.07, 6.45) is 5.23. The van der Waals surface area contributed by atoms with Gasteiger partial charge in [0.2, 0.25) is 5.76 Å². The lowest BCUT2D eigenvalue weighted by atomic mass is 10.1. The first-order valence-electron chi connectivity index (χ1n) is 9.19. The van der Waals surface area contributed by atoms with Crippen molar-refractivity contribution < 1.29 is 19.2 Å². The third-order valence-corrected chi connectivity index (χ3v) is 5.17. The van der Waals surface area contributed by atoms with Crippen molar-refractivity contribution in [3.8, 4) is 22.8 Å². The summed E-state index contributed by atoms with van der Waals surface area (Å²) < 4.78 is 11.2. The number of nitrogens with zero attached hydrogens (tertiary/aromatic N) is 1. The minimum atomic E-state index is -0.953. The Labute approximate surface area is 188 Å². The highest BCUT2D eigenvalue weighted by atomic mass is 35.5. The second-order valence-corrected chi connectivity index (χ2v) is 7.40. The van der Waals surface area contributed by atoms with Crippen LogP contribution in [0.5, 0.6) is 11.5 Å². The maximum atomic E-state index is 11.1. The summed E-state index contributed by atoms with van der Waals surface area (Å²) in [5.74, 6) is 0.549. The van der Waals surface area contributed by atoms with E-state index in [1.807, 2.05) is 42.5 Å². The number of halogens is 2. The molecule has 0 amide bonds. The van der Waals surface area contributed by atoms with Crippen LogP contribution in [0.3, 0.4) is 0 Å². The van der Waals surface area contributed by atoms with Crippen molar-refractivity contribution >= 4 is 41.3 Å². The Morgan fingerprint density at radius 1 is 0.935 bits per heavy atom. The predicted molar refractivity (Wildman–Crippen MR) is 121 cm³/mol. The van der Waals surface area contributed by atoms with Crippen LogP contribution >= 0.6 is 23.2 Å². The highest BCUT2D eigenvalue weighted by Gasteiger charge is 2.14. The molecule has 0 aliphatic heterocycles. The van der Waals surface area contributed by atoms with Gasteiger partial charge in [0.25, 0.3) is 0 Å². The highest BCUT2D eigenvalue weighted by molar-refractivity contribution is 6.42. The van der Waals surface area contributed by atoms with Gasteiger partial charge in [0.05, 0.1) is 15.6 Å². The average molecular weight is 452 g/mol. The van der Waals surface area contributed by atoms with Crippen molar-refractivity contribution in [2.45, 2.75) is 0 Å². The Bertz CT molecular complexity index is 1260. The fourth-order valence-electron chi connectivity index (χ4n) is 2.88. The quantitative estimate of drug-likeness (QED) is 0.311. The first kappa shape index (κ1) is 20.7. The van der Waals surface area contributed by atoms with Crippen LogP contribution in [0.2, 0.25) is 10.0 Å². The number of benzene rings is 3. The van der Waals surface area contributed by atoms with Crippen molar-refractivity contribution in [1.29, 1.82) is 0 Å². The van der Waals surface area contributed by atoms with Crippen molar-refractivity contribution in [1.82, 2.24) is 5.16 Å². The summed E-state index contributed by atoms with van der Waals surface area (Å²) in [7, 11) is 0. The molecule has 154 valence electrons. The van der Waals surface area contributed by atoms with Crippen molar-refractivity contribution in [3.63, 3.8) is 0 Å². The summed E-state index contributed by atoms with van der Waals surface area (Å²) >= 11 is 12.1. The highest BCUT2D eigenvalue weighted by Crippen LogP contribution is 2.36. The number of aromatic nitrogens is 1. The second kappa shape index (κ2) is 9.08. The van der Waals surface area contributed by atoms with E-state index < -0.39 is 5.97 Å². The molecule has 7 heteroatoms. The molecule has 1 N–H and O–H groups in total. The first-order valence-corrected chi connectivity index (χ1v) is 9.94. The molecular formula is C24H15Cl2NO4. The van der Waals surface area contributed by atoms with Gasteiger partial charge in [0.15, 0.2) is 5.75 Å². The number of carbonyl (C=O) groups is 1. The van der Waals surface area contributed by atoms with Gasteiger partial charge in [-0.3, -0.25) is 0 Å². The smallest absolute Gasteiger partial charge is 0.335 e. The van der Waals surface area contributed by atoms with E-state index in [1.54, 1.807) is 36.4 Å². The van der Waals surface area contributed by atoms with Crippen LogP contribution in [-0.2, 0) is 0 Å². The van der Waals surface area contributed by atoms with Crippen molar-refractivity contribution in [3.05, 3.63) is 99.7 Å². The molecular weight excluding hydrogens is 437 g/mol. The Morgan fingerprint density at radius 3 is 2.45 bits per heavy atom. The van der Waals surface area contributed by atoms with Crippen LogP contribution < -0.4 is 4.74 Å². The van der Waals surface area contributed by atoms with Gasteiger partial charge in [-0.05, 0) is 53.6 Å². The van der Waals surface area contributed by atoms with Gasteiger partial charge in [0.1, 0.15) is 11.9 Å². The molecule has 0 spiro atoms. The summed E-state index contributed by atoms with van der Waals surface area (Å²) in [5, 5.41) is 13.8. The number of carboxylic acids is 1. The maximum Gasteiger partial charge on any atom is 0.335 e. The molecule has 0 bridgehead atoms. The van der Waals surface area contributed by atoms with E-state index >= 15 is 0 Å². The molecule has 4 rings (SSSR count).